The Kier molecular flexibility index (Phi) is 7.86. The largest absolute Gasteiger partial charge is 0.482 e. The molecule has 0 saturated carbocycles. The second-order valence-corrected chi connectivity index (χ2v) is 7.51. The molecule has 2 aromatic rings. The molecule has 1 aliphatic rings. The molecule has 7 heteroatoms. The van der Waals surface area contributed by atoms with E-state index in [1.165, 1.54) is 11.1 Å². The molecule has 1 aromatic carbocycles. The lowest BCUT2D eigenvalue weighted by Gasteiger charge is -2.20. The highest BCUT2D eigenvalue weighted by molar-refractivity contribution is 6.29. The van der Waals surface area contributed by atoms with Gasteiger partial charge in [0.1, 0.15) is 17.0 Å². The molecule has 1 aromatic heterocycles. The van der Waals surface area contributed by atoms with Gasteiger partial charge in [0.2, 0.25) is 0 Å². The van der Waals surface area contributed by atoms with Crippen molar-refractivity contribution in [1.29, 1.82) is 0 Å². The minimum absolute atomic E-state index is 0.0901. The highest BCUT2D eigenvalue weighted by Crippen LogP contribution is 2.25. The average Bonchev–Trinajstić information content (AvgIpc) is 2.92. The summed E-state index contributed by atoms with van der Waals surface area (Å²) in [6.45, 7) is 2.43. The van der Waals surface area contributed by atoms with Crippen LogP contribution in [0.2, 0.25) is 5.15 Å². The van der Waals surface area contributed by atoms with Crippen LogP contribution in [0.5, 0.6) is 5.75 Å². The molecule has 0 spiro atoms. The van der Waals surface area contributed by atoms with E-state index in [1.54, 1.807) is 25.1 Å². The van der Waals surface area contributed by atoms with Crippen molar-refractivity contribution < 1.29 is 19.4 Å². The molecule has 1 heterocycles. The summed E-state index contributed by atoms with van der Waals surface area (Å²) in [5.74, 6) is 0.297. The van der Waals surface area contributed by atoms with Crippen LogP contribution in [-0.2, 0) is 22.4 Å². The number of nitrogens with zero attached hydrogens (tertiary/aromatic N) is 1. The third-order valence-corrected chi connectivity index (χ3v) is 5.19. The van der Waals surface area contributed by atoms with Crippen LogP contribution in [0.3, 0.4) is 0 Å². The summed E-state index contributed by atoms with van der Waals surface area (Å²) in [4.78, 5) is 15.7. The first kappa shape index (κ1) is 21.6. The fourth-order valence-corrected chi connectivity index (χ4v) is 3.71. The third kappa shape index (κ3) is 6.42. The predicted molar refractivity (Wildman–Crippen MR) is 111 cm³/mol. The van der Waals surface area contributed by atoms with Crippen LogP contribution in [0.15, 0.2) is 36.4 Å². The van der Waals surface area contributed by atoms with Crippen LogP contribution in [0.1, 0.15) is 42.7 Å². The first-order chi connectivity index (χ1) is 14.0. The zero-order valence-corrected chi connectivity index (χ0v) is 17.3. The summed E-state index contributed by atoms with van der Waals surface area (Å²) in [5, 5.41) is 14.2. The number of aryl methyl sites for hydroxylation is 1. The van der Waals surface area contributed by atoms with E-state index in [0.29, 0.717) is 29.7 Å². The number of fused-ring (bicyclic) bond motifs is 1. The number of benzene rings is 1. The second-order valence-electron chi connectivity index (χ2n) is 7.13. The zero-order chi connectivity index (χ0) is 20.6. The summed E-state index contributed by atoms with van der Waals surface area (Å²) in [5.41, 5.74) is 3.07. The van der Waals surface area contributed by atoms with Crippen molar-refractivity contribution >= 4 is 17.6 Å². The predicted octanol–water partition coefficient (Wildman–Crippen LogP) is 3.25. The summed E-state index contributed by atoms with van der Waals surface area (Å²) in [6, 6.07) is 11.5. The molecule has 0 aliphatic heterocycles. The number of esters is 1. The third-order valence-electron chi connectivity index (χ3n) is 4.98. The van der Waals surface area contributed by atoms with Gasteiger partial charge >= 0.3 is 5.97 Å². The van der Waals surface area contributed by atoms with Crippen molar-refractivity contribution in [3.63, 3.8) is 0 Å². The van der Waals surface area contributed by atoms with E-state index in [-0.39, 0.29) is 18.6 Å². The second kappa shape index (κ2) is 10.6. The molecule has 6 nitrogen and oxygen atoms in total. The molecule has 1 aliphatic carbocycles. The van der Waals surface area contributed by atoms with Gasteiger partial charge in [0.25, 0.3) is 0 Å². The van der Waals surface area contributed by atoms with Gasteiger partial charge in [-0.25, -0.2) is 9.78 Å². The number of aliphatic hydroxyl groups is 1. The molecular formula is C22H27ClN2O4. The number of ether oxygens (including phenoxy) is 2. The highest BCUT2D eigenvalue weighted by Gasteiger charge is 2.19. The van der Waals surface area contributed by atoms with E-state index in [4.69, 9.17) is 21.1 Å². The Bertz CT molecular complexity index is 830. The molecule has 156 valence electrons. The van der Waals surface area contributed by atoms with E-state index in [9.17, 15) is 9.90 Å². The molecule has 0 fully saturated rings. The molecule has 2 N–H and O–H groups in total. The van der Waals surface area contributed by atoms with E-state index in [0.717, 1.165) is 25.7 Å². The molecule has 3 rings (SSSR count). The van der Waals surface area contributed by atoms with Gasteiger partial charge in [-0.2, -0.15) is 0 Å². The fourth-order valence-electron chi connectivity index (χ4n) is 3.54. The minimum atomic E-state index is -0.712. The standard InChI is InChI=1S/C22H27ClN2O4/c1-2-28-22(27)14-29-18-10-9-15-5-3-6-17(11-16(15)12-18)24-13-20(26)19-7-4-8-21(23)25-19/h4,7-10,12,17,20,24,26H,2-3,5-6,11,13-14H2,1H3. The molecule has 0 radical (unpaired) electrons. The number of rotatable bonds is 8. The van der Waals surface area contributed by atoms with Gasteiger partial charge < -0.3 is 19.9 Å². The maximum Gasteiger partial charge on any atom is 0.344 e. The smallest absolute Gasteiger partial charge is 0.344 e. The molecule has 0 saturated heterocycles. The van der Waals surface area contributed by atoms with Gasteiger partial charge in [-0.15, -0.1) is 0 Å². The van der Waals surface area contributed by atoms with Gasteiger partial charge in [0, 0.05) is 12.6 Å². The van der Waals surface area contributed by atoms with Crippen molar-refractivity contribution in [1.82, 2.24) is 10.3 Å². The number of carbonyl (C=O) groups is 1. The zero-order valence-electron chi connectivity index (χ0n) is 16.6. The lowest BCUT2D eigenvalue weighted by atomic mass is 10.0. The number of carbonyl (C=O) groups excluding carboxylic acids is 1. The van der Waals surface area contributed by atoms with Crippen LogP contribution < -0.4 is 10.1 Å². The Balaban J connectivity index is 1.58. The van der Waals surface area contributed by atoms with E-state index in [1.807, 2.05) is 12.1 Å². The highest BCUT2D eigenvalue weighted by atomic mass is 35.5. The Morgan fingerprint density at radius 3 is 3.00 bits per heavy atom. The fraction of sp³-hybridized carbons (Fsp3) is 0.455. The number of pyridine rings is 1. The van der Waals surface area contributed by atoms with Gasteiger partial charge in [0.15, 0.2) is 6.61 Å². The molecular weight excluding hydrogens is 392 g/mol. The monoisotopic (exact) mass is 418 g/mol. The summed E-state index contributed by atoms with van der Waals surface area (Å²) in [6.07, 6.45) is 3.21. The number of hydrogen-bond donors (Lipinski definition) is 2. The van der Waals surface area contributed by atoms with Crippen molar-refractivity contribution in [2.75, 3.05) is 19.8 Å². The first-order valence-electron chi connectivity index (χ1n) is 9.99. The van der Waals surface area contributed by atoms with Crippen LogP contribution >= 0.6 is 11.6 Å². The van der Waals surface area contributed by atoms with Gasteiger partial charge in [0.05, 0.1) is 12.3 Å². The van der Waals surface area contributed by atoms with Crippen LogP contribution in [-0.4, -0.2) is 41.9 Å². The maximum atomic E-state index is 11.5. The Labute approximate surface area is 176 Å². The van der Waals surface area contributed by atoms with Crippen molar-refractivity contribution in [2.45, 2.75) is 44.8 Å². The van der Waals surface area contributed by atoms with Gasteiger partial charge in [-0.05, 0) is 68.0 Å². The minimum Gasteiger partial charge on any atom is -0.482 e. The quantitative estimate of drug-likeness (QED) is 0.389. The van der Waals surface area contributed by atoms with Crippen LogP contribution in [0, 0.1) is 0 Å². The lowest BCUT2D eigenvalue weighted by molar-refractivity contribution is -0.145. The number of aromatic nitrogens is 1. The number of halogens is 1. The Hall–Kier alpha value is -2.15. The maximum absolute atomic E-state index is 11.5. The summed E-state index contributed by atoms with van der Waals surface area (Å²) >= 11 is 5.91. The number of hydrogen-bond acceptors (Lipinski definition) is 6. The Morgan fingerprint density at radius 1 is 1.34 bits per heavy atom. The van der Waals surface area contributed by atoms with Crippen LogP contribution in [0.25, 0.3) is 0 Å². The number of nitrogens with one attached hydrogen (secondary N) is 1. The van der Waals surface area contributed by atoms with E-state index < -0.39 is 6.10 Å². The van der Waals surface area contributed by atoms with Gasteiger partial charge in [-0.1, -0.05) is 23.7 Å². The Morgan fingerprint density at radius 2 is 2.21 bits per heavy atom. The summed E-state index contributed by atoms with van der Waals surface area (Å²) < 4.78 is 10.5. The number of aliphatic hydroxyl groups excluding tert-OH is 1. The normalized spacial score (nSPS) is 17.1. The van der Waals surface area contributed by atoms with E-state index in [2.05, 4.69) is 16.4 Å². The molecule has 2 atom stereocenters. The van der Waals surface area contributed by atoms with Gasteiger partial charge in [-0.3, -0.25) is 0 Å². The lowest BCUT2D eigenvalue weighted by Crippen LogP contribution is -2.34. The van der Waals surface area contributed by atoms with Crippen LogP contribution in [0.4, 0.5) is 0 Å². The molecule has 0 bridgehead atoms. The first-order valence-corrected chi connectivity index (χ1v) is 10.4. The van der Waals surface area contributed by atoms with E-state index >= 15 is 0 Å². The molecule has 0 amide bonds. The average molecular weight is 419 g/mol. The topological polar surface area (TPSA) is 80.7 Å². The summed E-state index contributed by atoms with van der Waals surface area (Å²) in [7, 11) is 0. The van der Waals surface area contributed by atoms with Crippen molar-refractivity contribution in [3.8, 4) is 5.75 Å². The van der Waals surface area contributed by atoms with Crippen molar-refractivity contribution in [2.24, 2.45) is 0 Å². The van der Waals surface area contributed by atoms with Crippen molar-refractivity contribution in [3.05, 3.63) is 58.4 Å². The SMILES string of the molecule is CCOC(=O)COc1ccc2c(c1)CC(NCC(O)c1cccc(Cl)n1)CCC2. The molecule has 29 heavy (non-hydrogen) atoms. The molecule has 2 unspecified atom stereocenters.